The molecule has 0 saturated carbocycles. The summed E-state index contributed by atoms with van der Waals surface area (Å²) in [5.74, 6) is -3.00. The molecule has 0 aliphatic rings. The number of unbranched alkanes of at least 4 members (excludes halogenated alkanes) is 2. The van der Waals surface area contributed by atoms with Gasteiger partial charge in [-0.25, -0.2) is 0 Å². The summed E-state index contributed by atoms with van der Waals surface area (Å²) >= 11 is 7.94. The fourth-order valence-corrected chi connectivity index (χ4v) is 9.95. The van der Waals surface area contributed by atoms with Crippen molar-refractivity contribution in [3.8, 4) is 0 Å². The van der Waals surface area contributed by atoms with Gasteiger partial charge in [-0.05, 0) is 0 Å². The molecule has 0 fully saturated rings. The van der Waals surface area contributed by atoms with E-state index in [4.69, 9.17) is 11.2 Å². The Hall–Kier alpha value is -1.62. The molecule has 3 aromatic rings. The zero-order valence-corrected chi connectivity index (χ0v) is 16.5. The number of benzene rings is 3. The summed E-state index contributed by atoms with van der Waals surface area (Å²) in [6.45, 7) is 2.25. The third-order valence-corrected chi connectivity index (χ3v) is 12.6. The van der Waals surface area contributed by atoms with Crippen molar-refractivity contribution in [2.75, 3.05) is 6.16 Å². The van der Waals surface area contributed by atoms with Gasteiger partial charge in [-0.15, -0.1) is 0 Å². The van der Waals surface area contributed by atoms with Crippen molar-refractivity contribution < 1.29 is 0 Å². The van der Waals surface area contributed by atoms with Crippen molar-refractivity contribution >= 4 is 33.1 Å². The van der Waals surface area contributed by atoms with Crippen LogP contribution in [0.3, 0.4) is 0 Å². The maximum absolute atomic E-state index is 7.94. The molecule has 0 radical (unpaired) electrons. The molecular formula is C23H26ClP. The van der Waals surface area contributed by atoms with Crippen LogP contribution in [0.5, 0.6) is 0 Å². The second kappa shape index (κ2) is 7.73. The predicted octanol–water partition coefficient (Wildman–Crippen LogP) is 5.86. The zero-order valence-electron chi connectivity index (χ0n) is 14.8. The van der Waals surface area contributed by atoms with Crippen molar-refractivity contribution in [2.45, 2.75) is 26.2 Å². The molecule has 25 heavy (non-hydrogen) atoms. The quantitative estimate of drug-likeness (QED) is 0.362. The van der Waals surface area contributed by atoms with Gasteiger partial charge in [-0.2, -0.15) is 0 Å². The Morgan fingerprint density at radius 2 is 0.960 bits per heavy atom. The van der Waals surface area contributed by atoms with Crippen molar-refractivity contribution in [1.29, 1.82) is 0 Å². The fourth-order valence-electron chi connectivity index (χ4n) is 3.71. The van der Waals surface area contributed by atoms with Gasteiger partial charge in [0.2, 0.25) is 0 Å². The van der Waals surface area contributed by atoms with E-state index in [0.717, 1.165) is 12.6 Å². The van der Waals surface area contributed by atoms with Crippen molar-refractivity contribution in [1.82, 2.24) is 0 Å². The molecule has 0 unspecified atom stereocenters. The third kappa shape index (κ3) is 3.26. The van der Waals surface area contributed by atoms with E-state index in [9.17, 15) is 0 Å². The molecule has 0 nitrogen and oxygen atoms in total. The van der Waals surface area contributed by atoms with Crippen molar-refractivity contribution in [2.24, 2.45) is 0 Å². The molecule has 3 rings (SSSR count). The SMILES string of the molecule is CCCCCP(Cl)(c1ccccc1)(c1ccccc1)c1ccccc1. The topological polar surface area (TPSA) is 0 Å². The van der Waals surface area contributed by atoms with E-state index in [1.54, 1.807) is 0 Å². The van der Waals surface area contributed by atoms with E-state index < -0.39 is 5.96 Å². The van der Waals surface area contributed by atoms with Crippen LogP contribution in [0.15, 0.2) is 91.0 Å². The maximum atomic E-state index is 7.94. The van der Waals surface area contributed by atoms with Gasteiger partial charge in [-0.3, -0.25) is 0 Å². The number of rotatable bonds is 7. The van der Waals surface area contributed by atoms with Gasteiger partial charge in [-0.1, -0.05) is 0 Å². The molecule has 0 aromatic heterocycles. The van der Waals surface area contributed by atoms with Crippen LogP contribution in [0.25, 0.3) is 0 Å². The van der Waals surface area contributed by atoms with E-state index in [2.05, 4.69) is 97.9 Å². The first-order valence-electron chi connectivity index (χ1n) is 9.10. The number of halogens is 1. The molecule has 0 spiro atoms. The van der Waals surface area contributed by atoms with Gasteiger partial charge in [0, 0.05) is 0 Å². The second-order valence-electron chi connectivity index (χ2n) is 6.62. The van der Waals surface area contributed by atoms with Gasteiger partial charge in [0.25, 0.3) is 0 Å². The van der Waals surface area contributed by atoms with Gasteiger partial charge in [0.05, 0.1) is 0 Å². The van der Waals surface area contributed by atoms with Crippen molar-refractivity contribution in [3.63, 3.8) is 0 Å². The summed E-state index contributed by atoms with van der Waals surface area (Å²) in [4.78, 5) is 0. The van der Waals surface area contributed by atoms with Crippen LogP contribution in [0, 0.1) is 0 Å². The molecular weight excluding hydrogens is 343 g/mol. The van der Waals surface area contributed by atoms with Crippen LogP contribution in [0.4, 0.5) is 0 Å². The third-order valence-electron chi connectivity index (χ3n) is 5.07. The molecule has 0 aliphatic heterocycles. The summed E-state index contributed by atoms with van der Waals surface area (Å²) in [5, 5.41) is 3.80. The standard InChI is InChI=1S/C23H26ClP/c1-2-3-13-20-25(24,21-14-7-4-8-15-21,22-16-9-5-10-17-22)23-18-11-6-12-19-23/h4-12,14-19H,2-3,13,20H2,1H3. The molecule has 0 aliphatic carbocycles. The number of hydrogen-bond donors (Lipinski definition) is 0. The van der Waals surface area contributed by atoms with E-state index >= 15 is 0 Å². The average Bonchev–Trinajstić information content (AvgIpc) is 2.70. The van der Waals surface area contributed by atoms with E-state index in [-0.39, 0.29) is 0 Å². The summed E-state index contributed by atoms with van der Waals surface area (Å²) in [6.07, 6.45) is 4.54. The first kappa shape index (κ1) is 18.2. The molecule has 0 amide bonds. The normalized spacial score (nSPS) is 13.1. The van der Waals surface area contributed by atoms with Gasteiger partial charge in [0.1, 0.15) is 0 Å². The Morgan fingerprint density at radius 1 is 0.600 bits per heavy atom. The number of hydrogen-bond acceptors (Lipinski definition) is 0. The second-order valence-corrected chi connectivity index (χ2v) is 13.2. The van der Waals surface area contributed by atoms with Crippen LogP contribution in [0.1, 0.15) is 26.2 Å². The van der Waals surface area contributed by atoms with Gasteiger partial charge >= 0.3 is 156 Å². The molecule has 0 heterocycles. The Balaban J connectivity index is 2.32. The molecule has 0 saturated heterocycles. The van der Waals surface area contributed by atoms with Gasteiger partial charge in [0.15, 0.2) is 0 Å². The summed E-state index contributed by atoms with van der Waals surface area (Å²) in [6, 6.07) is 32.2. The average molecular weight is 369 g/mol. The monoisotopic (exact) mass is 368 g/mol. The summed E-state index contributed by atoms with van der Waals surface area (Å²) < 4.78 is 0. The Morgan fingerprint density at radius 3 is 1.28 bits per heavy atom. The van der Waals surface area contributed by atoms with Crippen molar-refractivity contribution in [3.05, 3.63) is 91.0 Å². The Bertz CT molecular complexity index is 685. The molecule has 2 heteroatoms. The first-order chi connectivity index (χ1) is 12.2. The molecule has 3 aromatic carbocycles. The van der Waals surface area contributed by atoms with E-state index in [0.29, 0.717) is 0 Å². The predicted molar refractivity (Wildman–Crippen MR) is 115 cm³/mol. The molecule has 0 N–H and O–H groups in total. The first-order valence-corrected chi connectivity index (χ1v) is 12.4. The minimum absolute atomic E-state index is 0.999. The minimum atomic E-state index is -3.00. The van der Waals surface area contributed by atoms with Crippen LogP contribution < -0.4 is 15.9 Å². The zero-order chi connectivity index (χ0) is 17.6. The van der Waals surface area contributed by atoms with Crippen LogP contribution >= 0.6 is 17.2 Å². The Kier molecular flexibility index (Phi) is 5.62. The van der Waals surface area contributed by atoms with Crippen LogP contribution in [-0.4, -0.2) is 6.16 Å². The van der Waals surface area contributed by atoms with E-state index in [1.165, 1.54) is 28.8 Å². The summed E-state index contributed by atoms with van der Waals surface area (Å²) in [5.41, 5.74) is 0. The summed E-state index contributed by atoms with van der Waals surface area (Å²) in [7, 11) is 0. The van der Waals surface area contributed by atoms with Gasteiger partial charge < -0.3 is 0 Å². The molecule has 0 atom stereocenters. The molecule has 130 valence electrons. The van der Waals surface area contributed by atoms with Crippen LogP contribution in [0.2, 0.25) is 0 Å². The Labute approximate surface area is 156 Å². The van der Waals surface area contributed by atoms with Crippen LogP contribution in [-0.2, 0) is 0 Å². The fraction of sp³-hybridized carbons (Fsp3) is 0.217. The van der Waals surface area contributed by atoms with E-state index in [1.807, 2.05) is 0 Å². The molecule has 0 bridgehead atoms.